The summed E-state index contributed by atoms with van der Waals surface area (Å²) in [5.74, 6) is -2.86. The second-order valence-corrected chi connectivity index (χ2v) is 6.49. The first-order valence-corrected chi connectivity index (χ1v) is 8.30. The topological polar surface area (TPSA) is 95.5 Å². The molecule has 0 aromatic heterocycles. The van der Waals surface area contributed by atoms with Crippen molar-refractivity contribution in [1.82, 2.24) is 0 Å². The summed E-state index contributed by atoms with van der Waals surface area (Å²) in [5.41, 5.74) is 0.940. The van der Waals surface area contributed by atoms with Crippen molar-refractivity contribution in [2.75, 3.05) is 11.9 Å². The summed E-state index contributed by atoms with van der Waals surface area (Å²) in [6.45, 7) is 2.03. The first kappa shape index (κ1) is 16.5. The number of amides is 1. The highest BCUT2D eigenvalue weighted by molar-refractivity contribution is 5.96. The first-order valence-electron chi connectivity index (χ1n) is 8.30. The Bertz CT molecular complexity index is 654. The van der Waals surface area contributed by atoms with E-state index in [0.29, 0.717) is 17.9 Å². The predicted octanol–water partition coefficient (Wildman–Crippen LogP) is 1.21. The van der Waals surface area contributed by atoms with E-state index >= 15 is 0 Å². The first-order chi connectivity index (χ1) is 11.5. The van der Waals surface area contributed by atoms with Gasteiger partial charge in [0.2, 0.25) is 5.91 Å². The molecule has 6 nitrogen and oxygen atoms in total. The Hall–Kier alpha value is -2.37. The van der Waals surface area contributed by atoms with Crippen LogP contribution in [-0.4, -0.2) is 24.5 Å². The normalized spacial score (nSPS) is 27.7. The zero-order valence-electron chi connectivity index (χ0n) is 13.5. The van der Waals surface area contributed by atoms with E-state index in [4.69, 9.17) is 4.74 Å². The number of anilines is 1. The Morgan fingerprint density at radius 3 is 2.33 bits per heavy atom. The number of carboxylic acids is 1. The standard InChI is InChI=1S/C18H21NO5/c1-2-24-18(23)10-5-7-13(8-6-10)19-16(20)14-11-3-4-12(9-11)15(14)17(21)22/h5-8,11-12,14-15H,2-4,9H2,1H3,(H,19,20)(H,21,22)/p-1/t11-,12-,14-,15-/m0/s1. The number of carbonyl (C=O) groups is 3. The minimum Gasteiger partial charge on any atom is -0.550 e. The fourth-order valence-electron chi connectivity index (χ4n) is 4.14. The molecule has 1 N–H and O–H groups in total. The summed E-state index contributed by atoms with van der Waals surface area (Å²) < 4.78 is 4.91. The highest BCUT2D eigenvalue weighted by atomic mass is 16.5. The number of hydrogen-bond donors (Lipinski definition) is 1. The molecule has 0 heterocycles. The zero-order chi connectivity index (χ0) is 17.3. The van der Waals surface area contributed by atoms with E-state index in [9.17, 15) is 19.5 Å². The molecule has 2 aliphatic rings. The zero-order valence-corrected chi connectivity index (χ0v) is 13.5. The van der Waals surface area contributed by atoms with Gasteiger partial charge in [0.25, 0.3) is 0 Å². The molecule has 0 radical (unpaired) electrons. The van der Waals surface area contributed by atoms with Gasteiger partial charge < -0.3 is 20.0 Å². The van der Waals surface area contributed by atoms with Crippen molar-refractivity contribution in [3.63, 3.8) is 0 Å². The minimum absolute atomic E-state index is 0.0574. The van der Waals surface area contributed by atoms with Gasteiger partial charge in [0.1, 0.15) is 0 Å². The van der Waals surface area contributed by atoms with Gasteiger partial charge in [-0.25, -0.2) is 4.79 Å². The lowest BCUT2D eigenvalue weighted by molar-refractivity contribution is -0.314. The fourth-order valence-corrected chi connectivity index (χ4v) is 4.14. The number of hydrogen-bond acceptors (Lipinski definition) is 5. The van der Waals surface area contributed by atoms with Gasteiger partial charge in [0.15, 0.2) is 0 Å². The molecule has 1 aromatic rings. The summed E-state index contributed by atoms with van der Waals surface area (Å²) >= 11 is 0. The van der Waals surface area contributed by atoms with Crippen LogP contribution in [0.15, 0.2) is 24.3 Å². The molecule has 2 fully saturated rings. The van der Waals surface area contributed by atoms with Crippen LogP contribution in [0.5, 0.6) is 0 Å². The van der Waals surface area contributed by atoms with Crippen LogP contribution in [0.1, 0.15) is 36.5 Å². The monoisotopic (exact) mass is 330 g/mol. The Balaban J connectivity index is 1.68. The lowest BCUT2D eigenvalue weighted by Gasteiger charge is -2.30. The number of carboxylic acid groups (broad SMARTS) is 1. The van der Waals surface area contributed by atoms with Crippen LogP contribution in [-0.2, 0) is 14.3 Å². The van der Waals surface area contributed by atoms with Gasteiger partial charge in [-0.15, -0.1) is 0 Å². The van der Waals surface area contributed by atoms with Crippen molar-refractivity contribution in [3.8, 4) is 0 Å². The maximum absolute atomic E-state index is 12.5. The van der Waals surface area contributed by atoms with Crippen LogP contribution >= 0.6 is 0 Å². The molecule has 0 aliphatic heterocycles. The van der Waals surface area contributed by atoms with E-state index in [1.54, 1.807) is 31.2 Å². The molecule has 2 bridgehead atoms. The van der Waals surface area contributed by atoms with Gasteiger partial charge in [0.05, 0.1) is 12.2 Å². The molecule has 1 amide bonds. The largest absolute Gasteiger partial charge is 0.550 e. The third-order valence-electron chi connectivity index (χ3n) is 5.15. The van der Waals surface area contributed by atoms with Crippen LogP contribution in [0.4, 0.5) is 5.69 Å². The molecule has 0 saturated heterocycles. The van der Waals surface area contributed by atoms with E-state index in [0.717, 1.165) is 19.3 Å². The number of carbonyl (C=O) groups excluding carboxylic acids is 3. The SMILES string of the molecule is CCOC(=O)c1ccc(NC(=O)[C@H]2[C@H]3CC[C@@H](C3)[C@@H]2C(=O)[O-])cc1. The van der Waals surface area contributed by atoms with Gasteiger partial charge in [0, 0.05) is 23.5 Å². The fraction of sp³-hybridized carbons (Fsp3) is 0.500. The second kappa shape index (κ2) is 6.63. The van der Waals surface area contributed by atoms with Crippen LogP contribution in [0.2, 0.25) is 0 Å². The molecular weight excluding hydrogens is 310 g/mol. The molecule has 6 heteroatoms. The van der Waals surface area contributed by atoms with Crippen molar-refractivity contribution < 1.29 is 24.2 Å². The molecule has 1 aromatic carbocycles. The summed E-state index contributed by atoms with van der Waals surface area (Å²) in [5, 5.41) is 14.2. The Kier molecular flexibility index (Phi) is 4.55. The molecular formula is C18H20NO5-. The van der Waals surface area contributed by atoms with Gasteiger partial charge in [-0.2, -0.15) is 0 Å². The maximum atomic E-state index is 12.5. The summed E-state index contributed by atoms with van der Waals surface area (Å²) in [6.07, 6.45) is 2.55. The molecule has 2 aliphatic carbocycles. The third kappa shape index (κ3) is 3.00. The van der Waals surface area contributed by atoms with E-state index in [-0.39, 0.29) is 17.7 Å². The molecule has 128 valence electrons. The lowest BCUT2D eigenvalue weighted by Crippen LogP contribution is -2.43. The number of ether oxygens (including phenoxy) is 1. The number of esters is 1. The summed E-state index contributed by atoms with van der Waals surface area (Å²) in [7, 11) is 0. The average molecular weight is 330 g/mol. The highest BCUT2D eigenvalue weighted by Gasteiger charge is 2.51. The van der Waals surface area contributed by atoms with Crippen LogP contribution < -0.4 is 10.4 Å². The van der Waals surface area contributed by atoms with Crippen molar-refractivity contribution in [2.45, 2.75) is 26.2 Å². The molecule has 2 saturated carbocycles. The third-order valence-corrected chi connectivity index (χ3v) is 5.15. The minimum atomic E-state index is -1.12. The highest BCUT2D eigenvalue weighted by Crippen LogP contribution is 2.52. The van der Waals surface area contributed by atoms with Gasteiger partial charge in [-0.05, 0) is 62.3 Å². The maximum Gasteiger partial charge on any atom is 0.338 e. The number of aliphatic carboxylic acids is 1. The van der Waals surface area contributed by atoms with Crippen LogP contribution in [0.25, 0.3) is 0 Å². The van der Waals surface area contributed by atoms with E-state index in [1.165, 1.54) is 0 Å². The van der Waals surface area contributed by atoms with Crippen molar-refractivity contribution >= 4 is 23.5 Å². The number of rotatable bonds is 5. The van der Waals surface area contributed by atoms with Gasteiger partial charge in [-0.3, -0.25) is 4.79 Å². The summed E-state index contributed by atoms with van der Waals surface area (Å²) in [4.78, 5) is 35.6. The molecule has 3 rings (SSSR count). The van der Waals surface area contributed by atoms with Gasteiger partial charge in [-0.1, -0.05) is 0 Å². The molecule has 4 atom stereocenters. The number of nitrogens with one attached hydrogen (secondary N) is 1. The molecule has 0 unspecified atom stereocenters. The molecule has 0 spiro atoms. The van der Waals surface area contributed by atoms with Crippen molar-refractivity contribution in [1.29, 1.82) is 0 Å². The Labute approximate surface area is 140 Å². The van der Waals surface area contributed by atoms with Crippen molar-refractivity contribution in [3.05, 3.63) is 29.8 Å². The van der Waals surface area contributed by atoms with E-state index < -0.39 is 23.8 Å². The predicted molar refractivity (Wildman–Crippen MR) is 83.8 cm³/mol. The summed E-state index contributed by atoms with van der Waals surface area (Å²) in [6, 6.07) is 6.38. The second-order valence-electron chi connectivity index (χ2n) is 6.49. The quantitative estimate of drug-likeness (QED) is 0.819. The Morgan fingerprint density at radius 2 is 1.75 bits per heavy atom. The Morgan fingerprint density at radius 1 is 1.12 bits per heavy atom. The number of benzene rings is 1. The van der Waals surface area contributed by atoms with Crippen LogP contribution in [0.3, 0.4) is 0 Å². The van der Waals surface area contributed by atoms with Crippen LogP contribution in [0, 0.1) is 23.7 Å². The van der Waals surface area contributed by atoms with Gasteiger partial charge >= 0.3 is 5.97 Å². The molecule has 24 heavy (non-hydrogen) atoms. The van der Waals surface area contributed by atoms with E-state index in [2.05, 4.69) is 5.32 Å². The van der Waals surface area contributed by atoms with Crippen molar-refractivity contribution in [2.24, 2.45) is 23.7 Å². The average Bonchev–Trinajstić information content (AvgIpc) is 3.16. The van der Waals surface area contributed by atoms with E-state index in [1.807, 2.05) is 0 Å². The smallest absolute Gasteiger partial charge is 0.338 e. The lowest BCUT2D eigenvalue weighted by atomic mass is 9.78. The number of fused-ring (bicyclic) bond motifs is 2.